The molecule has 0 bridgehead atoms. The fraction of sp³-hybridized carbons (Fsp3) is 0.235. The maximum Gasteiger partial charge on any atom is 0.327 e. The number of benzene rings is 2. The number of fused-ring (bicyclic) bond motifs is 1. The van der Waals surface area contributed by atoms with E-state index in [1.54, 1.807) is 0 Å². The summed E-state index contributed by atoms with van der Waals surface area (Å²) < 4.78 is 0. The molecule has 6 nitrogen and oxygen atoms in total. The van der Waals surface area contributed by atoms with Gasteiger partial charge in [0.2, 0.25) is 11.8 Å². The van der Waals surface area contributed by atoms with Crippen LogP contribution in [0.5, 0.6) is 0 Å². The zero-order valence-electron chi connectivity index (χ0n) is 12.7. The first-order chi connectivity index (χ1) is 11.5. The molecule has 2 atom stereocenters. The summed E-state index contributed by atoms with van der Waals surface area (Å²) in [7, 11) is 0. The highest BCUT2D eigenvalue weighted by Gasteiger charge is 2.33. The number of rotatable bonds is 4. The van der Waals surface area contributed by atoms with E-state index in [0.717, 1.165) is 10.8 Å². The number of hydrogen-bond donors (Lipinski definition) is 3. The molecule has 3 rings (SSSR count). The molecule has 1 aliphatic rings. The number of carboxylic acids is 1. The maximum absolute atomic E-state index is 12.3. The standard InChI is InChI=1S/C17H16N2O4S/c20-15(8-14-16(21)19-13(9-24-14)17(22)23)18-12-7-3-5-10-4-1-2-6-11(10)12/h1-7,13-14H,8-9H2,(H,18,20)(H,19,21)(H,22,23). The minimum Gasteiger partial charge on any atom is -0.480 e. The van der Waals surface area contributed by atoms with Crippen molar-refractivity contribution in [1.82, 2.24) is 5.32 Å². The van der Waals surface area contributed by atoms with Crippen molar-refractivity contribution < 1.29 is 19.5 Å². The van der Waals surface area contributed by atoms with Crippen LogP contribution in [0.4, 0.5) is 5.69 Å². The van der Waals surface area contributed by atoms with Gasteiger partial charge in [0.05, 0.1) is 5.25 Å². The van der Waals surface area contributed by atoms with E-state index in [0.29, 0.717) is 5.69 Å². The van der Waals surface area contributed by atoms with Crippen molar-refractivity contribution in [2.45, 2.75) is 17.7 Å². The average molecular weight is 344 g/mol. The van der Waals surface area contributed by atoms with Crippen LogP contribution in [-0.2, 0) is 14.4 Å². The number of amides is 2. The summed E-state index contributed by atoms with van der Waals surface area (Å²) in [5.74, 6) is -1.48. The molecular weight excluding hydrogens is 328 g/mol. The minimum absolute atomic E-state index is 0.00601. The highest BCUT2D eigenvalue weighted by molar-refractivity contribution is 8.00. The molecule has 0 saturated carbocycles. The van der Waals surface area contributed by atoms with Gasteiger partial charge in [0, 0.05) is 23.2 Å². The molecule has 1 aliphatic heterocycles. The lowest BCUT2D eigenvalue weighted by Crippen LogP contribution is -2.51. The SMILES string of the molecule is O=C(CC1SCC(C(=O)O)NC1=O)Nc1cccc2ccccc12. The van der Waals surface area contributed by atoms with Gasteiger partial charge in [-0.05, 0) is 11.5 Å². The number of carbonyl (C=O) groups is 3. The van der Waals surface area contributed by atoms with Crippen LogP contribution in [0.25, 0.3) is 10.8 Å². The van der Waals surface area contributed by atoms with Crippen molar-refractivity contribution >= 4 is 46.0 Å². The van der Waals surface area contributed by atoms with Crippen molar-refractivity contribution in [2.24, 2.45) is 0 Å². The van der Waals surface area contributed by atoms with Crippen LogP contribution in [0.1, 0.15) is 6.42 Å². The van der Waals surface area contributed by atoms with Crippen LogP contribution in [0.3, 0.4) is 0 Å². The van der Waals surface area contributed by atoms with E-state index in [9.17, 15) is 14.4 Å². The van der Waals surface area contributed by atoms with Crippen LogP contribution < -0.4 is 10.6 Å². The van der Waals surface area contributed by atoms with Crippen molar-refractivity contribution in [3.63, 3.8) is 0 Å². The zero-order chi connectivity index (χ0) is 17.1. The van der Waals surface area contributed by atoms with Gasteiger partial charge in [-0.25, -0.2) is 4.79 Å². The molecule has 2 amide bonds. The average Bonchev–Trinajstić information content (AvgIpc) is 2.57. The van der Waals surface area contributed by atoms with Gasteiger partial charge in [-0.2, -0.15) is 0 Å². The Morgan fingerprint density at radius 3 is 2.71 bits per heavy atom. The van der Waals surface area contributed by atoms with Crippen molar-refractivity contribution in [1.29, 1.82) is 0 Å². The van der Waals surface area contributed by atoms with Crippen molar-refractivity contribution in [2.75, 3.05) is 11.1 Å². The van der Waals surface area contributed by atoms with Gasteiger partial charge in [-0.15, -0.1) is 11.8 Å². The lowest BCUT2D eigenvalue weighted by atomic mass is 10.1. The minimum atomic E-state index is -1.06. The summed E-state index contributed by atoms with van der Waals surface area (Å²) >= 11 is 1.20. The molecule has 0 spiro atoms. The first kappa shape index (κ1) is 16.3. The molecule has 0 aliphatic carbocycles. The molecule has 7 heteroatoms. The lowest BCUT2D eigenvalue weighted by Gasteiger charge is -2.25. The van der Waals surface area contributed by atoms with Gasteiger partial charge < -0.3 is 15.7 Å². The number of carboxylic acid groups (broad SMARTS) is 1. The van der Waals surface area contributed by atoms with Gasteiger partial charge in [0.25, 0.3) is 0 Å². The van der Waals surface area contributed by atoms with Gasteiger partial charge in [0.1, 0.15) is 6.04 Å². The molecule has 1 saturated heterocycles. The van der Waals surface area contributed by atoms with Crippen LogP contribution in [0.2, 0.25) is 0 Å². The fourth-order valence-electron chi connectivity index (χ4n) is 2.58. The maximum atomic E-state index is 12.3. The summed E-state index contributed by atoms with van der Waals surface area (Å²) in [6.45, 7) is 0. The predicted octanol–water partition coefficient (Wildman–Crippen LogP) is 1.85. The summed E-state index contributed by atoms with van der Waals surface area (Å²) in [4.78, 5) is 35.1. The molecule has 2 aromatic carbocycles. The van der Waals surface area contributed by atoms with E-state index in [4.69, 9.17) is 5.11 Å². The number of carbonyl (C=O) groups excluding carboxylic acids is 2. The molecule has 0 aromatic heterocycles. The van der Waals surface area contributed by atoms with E-state index in [-0.39, 0.29) is 18.1 Å². The number of aliphatic carboxylic acids is 1. The quantitative estimate of drug-likeness (QED) is 0.787. The Balaban J connectivity index is 1.66. The number of hydrogen-bond acceptors (Lipinski definition) is 4. The Labute approximate surface area is 142 Å². The monoisotopic (exact) mass is 344 g/mol. The normalized spacial score (nSPS) is 20.4. The topological polar surface area (TPSA) is 95.5 Å². The molecule has 1 heterocycles. The Morgan fingerprint density at radius 1 is 1.21 bits per heavy atom. The Hall–Kier alpha value is -2.54. The van der Waals surface area contributed by atoms with Crippen LogP contribution in [0.15, 0.2) is 42.5 Å². The second-order valence-electron chi connectivity index (χ2n) is 5.50. The molecular formula is C17H16N2O4S. The third kappa shape index (κ3) is 3.51. The van der Waals surface area contributed by atoms with Gasteiger partial charge >= 0.3 is 5.97 Å². The molecule has 2 unspecified atom stereocenters. The lowest BCUT2D eigenvalue weighted by molar-refractivity contribution is -0.141. The van der Waals surface area contributed by atoms with Crippen LogP contribution >= 0.6 is 11.8 Å². The first-order valence-corrected chi connectivity index (χ1v) is 8.52. The van der Waals surface area contributed by atoms with Crippen molar-refractivity contribution in [3.05, 3.63) is 42.5 Å². The number of thioether (sulfide) groups is 1. The summed E-state index contributed by atoms with van der Waals surface area (Å²) in [6, 6.07) is 12.4. The molecule has 1 fully saturated rings. The molecule has 124 valence electrons. The Morgan fingerprint density at radius 2 is 1.96 bits per heavy atom. The first-order valence-electron chi connectivity index (χ1n) is 7.47. The summed E-state index contributed by atoms with van der Waals surface area (Å²) in [6.07, 6.45) is 0.00601. The fourth-order valence-corrected chi connectivity index (χ4v) is 3.72. The molecule has 2 aromatic rings. The van der Waals surface area contributed by atoms with Crippen LogP contribution in [-0.4, -0.2) is 39.9 Å². The van der Waals surface area contributed by atoms with Crippen LogP contribution in [0, 0.1) is 0 Å². The van der Waals surface area contributed by atoms with E-state index >= 15 is 0 Å². The van der Waals surface area contributed by atoms with Gasteiger partial charge in [-0.3, -0.25) is 9.59 Å². The summed E-state index contributed by atoms with van der Waals surface area (Å²) in [5.41, 5.74) is 0.697. The zero-order valence-corrected chi connectivity index (χ0v) is 13.5. The molecule has 0 radical (unpaired) electrons. The molecule has 3 N–H and O–H groups in total. The highest BCUT2D eigenvalue weighted by Crippen LogP contribution is 2.25. The van der Waals surface area contributed by atoms with E-state index < -0.39 is 23.2 Å². The number of anilines is 1. The van der Waals surface area contributed by atoms with E-state index in [1.807, 2.05) is 42.5 Å². The predicted molar refractivity (Wildman–Crippen MR) is 93.0 cm³/mol. The van der Waals surface area contributed by atoms with E-state index in [1.165, 1.54) is 11.8 Å². The van der Waals surface area contributed by atoms with E-state index in [2.05, 4.69) is 10.6 Å². The largest absolute Gasteiger partial charge is 0.480 e. The summed E-state index contributed by atoms with van der Waals surface area (Å²) in [5, 5.41) is 15.6. The second kappa shape index (κ2) is 6.92. The molecule has 24 heavy (non-hydrogen) atoms. The van der Waals surface area contributed by atoms with Crippen molar-refractivity contribution in [3.8, 4) is 0 Å². The smallest absolute Gasteiger partial charge is 0.327 e. The third-order valence-corrected chi connectivity index (χ3v) is 5.11. The highest BCUT2D eigenvalue weighted by atomic mass is 32.2. The number of nitrogens with one attached hydrogen (secondary N) is 2. The Bertz CT molecular complexity index is 803. The third-order valence-electron chi connectivity index (χ3n) is 3.81. The van der Waals surface area contributed by atoms with Gasteiger partial charge in [0.15, 0.2) is 0 Å². The van der Waals surface area contributed by atoms with Gasteiger partial charge in [-0.1, -0.05) is 36.4 Å². The second-order valence-corrected chi connectivity index (χ2v) is 6.74. The Kier molecular flexibility index (Phi) is 4.71.